The number of esters is 2. The van der Waals surface area contributed by atoms with Crippen LogP contribution < -0.4 is 27.0 Å². The number of hydrogen-bond donors (Lipinski definition) is 5. The second-order valence-corrected chi connectivity index (χ2v) is 11.4. The second kappa shape index (κ2) is 26.2. The van der Waals surface area contributed by atoms with Crippen molar-refractivity contribution in [3.05, 3.63) is 167 Å². The normalized spacial score (nSPS) is 11.6. The Hall–Kier alpha value is -6.65. The standard InChI is InChI=1S/C21H25N3O3.C13H18N2O2.C8H7NO/c1-3-27-20(25)14-19(23-16(2)18-12-8-5-9-13-18)24-21(26)22-15-17-10-6-4-7-11-17;1-3-17-13(16)9-12(14)15-10(2)11-7-5-4-6-8-11;10-7-9-6-8-4-2-1-3-5-8/h4-14,16,23H,3,15H2,1-2H3,(H2,22,24,26);4-10,15H,3,14H2,1-2H3;1-5H,6H2/b19-14-;12-9+;/t16-;10-;/m00./s1. The Balaban J connectivity index is 0.000000316. The number of carbonyl (C=O) groups is 3. The van der Waals surface area contributed by atoms with E-state index in [1.54, 1.807) is 13.8 Å². The van der Waals surface area contributed by atoms with E-state index in [2.05, 4.69) is 26.3 Å². The van der Waals surface area contributed by atoms with Crippen LogP contribution in [0.1, 0.15) is 62.0 Å². The molecule has 0 spiro atoms. The van der Waals surface area contributed by atoms with Crippen LogP contribution in [0.25, 0.3) is 0 Å². The first kappa shape index (κ1) is 43.5. The number of carbonyl (C=O) groups excluding carboxylic acids is 4. The van der Waals surface area contributed by atoms with Gasteiger partial charge in [-0.15, -0.1) is 0 Å². The van der Waals surface area contributed by atoms with Gasteiger partial charge < -0.3 is 31.2 Å². The molecule has 54 heavy (non-hydrogen) atoms. The molecule has 0 fully saturated rings. The van der Waals surface area contributed by atoms with Crippen molar-refractivity contribution >= 4 is 24.0 Å². The fourth-order valence-electron chi connectivity index (χ4n) is 4.55. The summed E-state index contributed by atoms with van der Waals surface area (Å²) in [6.45, 7) is 8.82. The molecule has 0 aliphatic carbocycles. The Morgan fingerprint density at radius 2 is 1.13 bits per heavy atom. The molecule has 12 nitrogen and oxygen atoms in total. The maximum absolute atomic E-state index is 12.2. The highest BCUT2D eigenvalue weighted by atomic mass is 16.5. The van der Waals surface area contributed by atoms with Crippen molar-refractivity contribution in [3.8, 4) is 0 Å². The zero-order valence-corrected chi connectivity index (χ0v) is 31.2. The lowest BCUT2D eigenvalue weighted by Crippen LogP contribution is -2.40. The lowest BCUT2D eigenvalue weighted by Gasteiger charge is -2.19. The topological polar surface area (TPSA) is 173 Å². The van der Waals surface area contributed by atoms with Gasteiger partial charge in [0.15, 0.2) is 0 Å². The molecular weight excluding hydrogens is 684 g/mol. The monoisotopic (exact) mass is 734 g/mol. The number of hydrogen-bond acceptors (Lipinski definition) is 10. The molecule has 0 radical (unpaired) electrons. The van der Waals surface area contributed by atoms with Gasteiger partial charge in [0.25, 0.3) is 0 Å². The molecule has 0 aromatic heterocycles. The van der Waals surface area contributed by atoms with Gasteiger partial charge in [0.1, 0.15) is 11.6 Å². The van der Waals surface area contributed by atoms with Crippen molar-refractivity contribution in [1.82, 2.24) is 21.3 Å². The largest absolute Gasteiger partial charge is 0.463 e. The van der Waals surface area contributed by atoms with Crippen LogP contribution in [0.2, 0.25) is 0 Å². The van der Waals surface area contributed by atoms with Gasteiger partial charge in [-0.2, -0.15) is 0 Å². The lowest BCUT2D eigenvalue weighted by atomic mass is 10.1. The average molecular weight is 735 g/mol. The van der Waals surface area contributed by atoms with E-state index < -0.39 is 18.0 Å². The second-order valence-electron chi connectivity index (χ2n) is 11.4. The van der Waals surface area contributed by atoms with Crippen LogP contribution in [0.3, 0.4) is 0 Å². The van der Waals surface area contributed by atoms with Crippen LogP contribution >= 0.6 is 0 Å². The first-order valence-electron chi connectivity index (χ1n) is 17.5. The van der Waals surface area contributed by atoms with E-state index in [0.29, 0.717) is 25.5 Å². The molecule has 0 heterocycles. The number of nitrogens with one attached hydrogen (secondary N) is 4. The van der Waals surface area contributed by atoms with Crippen molar-refractivity contribution < 1.29 is 28.7 Å². The third kappa shape index (κ3) is 19.1. The van der Waals surface area contributed by atoms with Crippen LogP contribution in [-0.4, -0.2) is 37.3 Å². The molecule has 0 bridgehead atoms. The molecule has 0 unspecified atom stereocenters. The highest BCUT2D eigenvalue weighted by Crippen LogP contribution is 2.13. The van der Waals surface area contributed by atoms with Gasteiger partial charge in [-0.3, -0.25) is 5.32 Å². The molecule has 0 saturated heterocycles. The maximum Gasteiger partial charge on any atom is 0.334 e. The molecule has 0 saturated carbocycles. The van der Waals surface area contributed by atoms with Crippen LogP contribution in [0.4, 0.5) is 4.79 Å². The molecule has 2 amide bonds. The minimum absolute atomic E-state index is 0.0434. The van der Waals surface area contributed by atoms with E-state index in [0.717, 1.165) is 22.3 Å². The number of amides is 2. The maximum atomic E-state index is 12.2. The number of aliphatic imine (C=N–C) groups is 1. The van der Waals surface area contributed by atoms with E-state index >= 15 is 0 Å². The summed E-state index contributed by atoms with van der Waals surface area (Å²) < 4.78 is 9.71. The van der Waals surface area contributed by atoms with Gasteiger partial charge in [0.05, 0.1) is 31.9 Å². The van der Waals surface area contributed by atoms with Crippen LogP contribution in [0, 0.1) is 0 Å². The summed E-state index contributed by atoms with van der Waals surface area (Å²) in [5.74, 6) is -0.378. The summed E-state index contributed by atoms with van der Waals surface area (Å²) >= 11 is 0. The van der Waals surface area contributed by atoms with Gasteiger partial charge in [-0.1, -0.05) is 121 Å². The molecule has 284 valence electrons. The van der Waals surface area contributed by atoms with Crippen LogP contribution in [-0.2, 0) is 36.9 Å². The predicted octanol–water partition coefficient (Wildman–Crippen LogP) is 6.46. The summed E-state index contributed by atoms with van der Waals surface area (Å²) in [4.78, 5) is 48.3. The molecule has 2 atom stereocenters. The molecule has 4 rings (SSSR count). The summed E-state index contributed by atoms with van der Waals surface area (Å²) in [5, 5.41) is 11.6. The van der Waals surface area contributed by atoms with Crippen molar-refractivity contribution in [1.29, 1.82) is 0 Å². The number of urea groups is 1. The van der Waals surface area contributed by atoms with Gasteiger partial charge in [-0.25, -0.2) is 24.2 Å². The molecule has 4 aromatic carbocycles. The molecule has 4 aromatic rings. The SMILES string of the molecule is CCOC(=O)/C=C(\N)N[C@@H](C)c1ccccc1.CCOC(=O)/C=C(\NC(=O)NCc1ccccc1)N[C@@H](C)c1ccccc1.O=C=NCc1ccccc1. The molecule has 6 N–H and O–H groups in total. The molecule has 0 aliphatic rings. The van der Waals surface area contributed by atoms with Gasteiger partial charge in [-0.05, 0) is 49.9 Å². The van der Waals surface area contributed by atoms with E-state index in [9.17, 15) is 19.2 Å². The summed E-state index contributed by atoms with van der Waals surface area (Å²) in [7, 11) is 0. The predicted molar refractivity (Wildman–Crippen MR) is 210 cm³/mol. The number of rotatable bonds is 15. The number of ether oxygens (including phenoxy) is 2. The van der Waals surface area contributed by atoms with E-state index in [1.165, 1.54) is 18.2 Å². The highest BCUT2D eigenvalue weighted by molar-refractivity contribution is 5.84. The van der Waals surface area contributed by atoms with Crippen molar-refractivity contribution in [2.45, 2.75) is 52.9 Å². The number of nitrogens with two attached hydrogens (primary N) is 1. The minimum Gasteiger partial charge on any atom is -0.463 e. The third-order valence-electron chi connectivity index (χ3n) is 7.18. The van der Waals surface area contributed by atoms with Crippen LogP contribution in [0.5, 0.6) is 0 Å². The summed E-state index contributed by atoms with van der Waals surface area (Å²) in [6.07, 6.45) is 3.99. The Labute approximate surface area is 317 Å². The van der Waals surface area contributed by atoms with Crippen molar-refractivity contribution in [3.63, 3.8) is 0 Å². The fourth-order valence-corrected chi connectivity index (χ4v) is 4.55. The molecule has 0 aliphatic heterocycles. The molecular formula is C42H50N6O6. The summed E-state index contributed by atoms with van der Waals surface area (Å²) in [6, 6.07) is 38.3. The van der Waals surface area contributed by atoms with E-state index in [1.807, 2.05) is 135 Å². The zero-order chi connectivity index (χ0) is 39.4. The quantitative estimate of drug-likeness (QED) is 0.0398. The van der Waals surface area contributed by atoms with Crippen molar-refractivity contribution in [2.75, 3.05) is 13.2 Å². The number of nitrogens with zero attached hydrogens (tertiary/aromatic N) is 1. The Bertz CT molecular complexity index is 1780. The van der Waals surface area contributed by atoms with E-state index in [4.69, 9.17) is 15.2 Å². The number of benzene rings is 4. The summed E-state index contributed by atoms with van der Waals surface area (Å²) in [5.41, 5.74) is 9.84. The van der Waals surface area contributed by atoms with Crippen molar-refractivity contribution in [2.24, 2.45) is 10.7 Å². The fraction of sp³-hybridized carbons (Fsp3) is 0.238. The lowest BCUT2D eigenvalue weighted by molar-refractivity contribution is -0.138. The van der Waals surface area contributed by atoms with Gasteiger partial charge in [0, 0.05) is 18.6 Å². The van der Waals surface area contributed by atoms with E-state index in [-0.39, 0.29) is 24.5 Å². The minimum atomic E-state index is -0.524. The first-order chi connectivity index (χ1) is 26.1. The zero-order valence-electron chi connectivity index (χ0n) is 31.2. The Morgan fingerprint density at radius 1 is 0.685 bits per heavy atom. The highest BCUT2D eigenvalue weighted by Gasteiger charge is 2.12. The third-order valence-corrected chi connectivity index (χ3v) is 7.18. The Kier molecular flexibility index (Phi) is 21.1. The smallest absolute Gasteiger partial charge is 0.334 e. The van der Waals surface area contributed by atoms with Crippen LogP contribution in [0.15, 0.2) is 150 Å². The average Bonchev–Trinajstić information content (AvgIpc) is 3.18. The first-order valence-corrected chi connectivity index (χ1v) is 17.5. The number of isocyanates is 1. The van der Waals surface area contributed by atoms with Gasteiger partial charge >= 0.3 is 18.0 Å². The molecule has 12 heteroatoms. The Morgan fingerprint density at radius 3 is 1.61 bits per heavy atom. The van der Waals surface area contributed by atoms with Gasteiger partial charge in [0.2, 0.25) is 6.08 Å².